The average molecular weight is 579 g/mol. The zero-order valence-electron chi connectivity index (χ0n) is 22.1. The van der Waals surface area contributed by atoms with E-state index in [1.165, 1.54) is 23.1 Å². The van der Waals surface area contributed by atoms with Crippen LogP contribution in [0.5, 0.6) is 0 Å². The van der Waals surface area contributed by atoms with E-state index < -0.39 is 5.91 Å². The minimum atomic E-state index is -0.466. The number of hydrogen-bond donors (Lipinski definition) is 3. The lowest BCUT2D eigenvalue weighted by molar-refractivity contribution is -0.114. The summed E-state index contributed by atoms with van der Waals surface area (Å²) in [6.07, 6.45) is 1.65. The van der Waals surface area contributed by atoms with Gasteiger partial charge in [-0.05, 0) is 61.0 Å². The molecule has 0 aliphatic rings. The smallest absolute Gasteiger partial charge is 0.272 e. The predicted molar refractivity (Wildman–Crippen MR) is 167 cm³/mol. The van der Waals surface area contributed by atoms with Gasteiger partial charge in [-0.3, -0.25) is 14.4 Å². The summed E-state index contributed by atoms with van der Waals surface area (Å²) < 4.78 is 1.01. The Morgan fingerprint density at radius 3 is 2.44 bits per heavy atom. The van der Waals surface area contributed by atoms with Crippen LogP contribution in [-0.2, 0) is 9.59 Å². The second kappa shape index (κ2) is 13.1. The number of fused-ring (bicyclic) bond motifs is 1. The molecule has 0 radical (unpaired) electrons. The van der Waals surface area contributed by atoms with E-state index in [-0.39, 0.29) is 23.3 Å². The number of aromatic nitrogens is 1. The van der Waals surface area contributed by atoms with Gasteiger partial charge < -0.3 is 16.0 Å². The summed E-state index contributed by atoms with van der Waals surface area (Å²) in [5.74, 6) is -0.844. The first kappa shape index (κ1) is 27.8. The Balaban J connectivity index is 1.25. The van der Waals surface area contributed by atoms with Gasteiger partial charge in [-0.15, -0.1) is 11.8 Å². The zero-order chi connectivity index (χ0) is 28.6. The molecule has 4 aromatic carbocycles. The van der Waals surface area contributed by atoms with Crippen LogP contribution in [0, 0.1) is 6.92 Å². The van der Waals surface area contributed by atoms with Gasteiger partial charge in [0, 0.05) is 16.1 Å². The summed E-state index contributed by atoms with van der Waals surface area (Å²) in [4.78, 5) is 44.0. The molecule has 7 nitrogen and oxygen atoms in total. The SMILES string of the molecule is Cc1cccc(/C=C(/NC(=O)c2ccccc2)C(=O)Nc2cccc(SCC(=O)Nc3nc4ccccc4s3)c2)c1. The van der Waals surface area contributed by atoms with Gasteiger partial charge in [0.05, 0.1) is 16.0 Å². The molecule has 3 amide bonds. The lowest BCUT2D eigenvalue weighted by Crippen LogP contribution is -2.30. The fraction of sp³-hybridized carbons (Fsp3) is 0.0625. The first-order chi connectivity index (χ1) is 19.9. The average Bonchev–Trinajstić information content (AvgIpc) is 3.38. The standard InChI is InChI=1S/C32H26N4O3S2/c1-21-9-7-10-22(17-21)18-27(34-30(38)23-11-3-2-4-12-23)31(39)33-24-13-8-14-25(19-24)40-20-29(37)36-32-35-26-15-5-6-16-28(26)41-32/h2-19H,20H2,1H3,(H,33,39)(H,34,38)(H,35,36,37)/b27-18+. The molecule has 0 bridgehead atoms. The molecule has 5 aromatic rings. The van der Waals surface area contributed by atoms with Crippen LogP contribution in [0.4, 0.5) is 10.8 Å². The highest BCUT2D eigenvalue weighted by Crippen LogP contribution is 2.26. The number of aryl methyl sites for hydroxylation is 1. The Labute approximate surface area is 245 Å². The van der Waals surface area contributed by atoms with Gasteiger partial charge in [-0.2, -0.15) is 0 Å². The summed E-state index contributed by atoms with van der Waals surface area (Å²) in [6.45, 7) is 1.96. The Kier molecular flexibility index (Phi) is 8.88. The van der Waals surface area contributed by atoms with Crippen molar-refractivity contribution in [3.8, 4) is 0 Å². The quantitative estimate of drug-likeness (QED) is 0.133. The molecule has 204 valence electrons. The lowest BCUT2D eigenvalue weighted by atomic mass is 10.1. The van der Waals surface area contributed by atoms with Crippen LogP contribution in [-0.4, -0.2) is 28.5 Å². The molecule has 0 saturated carbocycles. The predicted octanol–water partition coefficient (Wildman–Crippen LogP) is 6.75. The van der Waals surface area contributed by atoms with E-state index in [0.717, 1.165) is 26.2 Å². The number of nitrogens with one attached hydrogen (secondary N) is 3. The van der Waals surface area contributed by atoms with Crippen LogP contribution >= 0.6 is 23.1 Å². The molecule has 0 spiro atoms. The van der Waals surface area contributed by atoms with Crippen molar-refractivity contribution in [3.05, 3.63) is 126 Å². The highest BCUT2D eigenvalue weighted by atomic mass is 32.2. The lowest BCUT2D eigenvalue weighted by Gasteiger charge is -2.12. The number of thiazole rings is 1. The van der Waals surface area contributed by atoms with Crippen LogP contribution in [0.15, 0.2) is 114 Å². The van der Waals surface area contributed by atoms with Crippen LogP contribution in [0.3, 0.4) is 0 Å². The molecule has 0 atom stereocenters. The number of thioether (sulfide) groups is 1. The van der Waals surface area contributed by atoms with Crippen LogP contribution in [0.25, 0.3) is 16.3 Å². The molecule has 9 heteroatoms. The number of para-hydroxylation sites is 1. The third-order valence-corrected chi connectivity index (χ3v) is 7.83. The molecule has 1 heterocycles. The van der Waals surface area contributed by atoms with E-state index in [0.29, 0.717) is 16.4 Å². The van der Waals surface area contributed by atoms with Crippen molar-refractivity contribution in [2.75, 3.05) is 16.4 Å². The highest BCUT2D eigenvalue weighted by Gasteiger charge is 2.16. The summed E-state index contributed by atoms with van der Waals surface area (Å²) in [5.41, 5.74) is 3.75. The van der Waals surface area contributed by atoms with Gasteiger partial charge in [0.25, 0.3) is 11.8 Å². The van der Waals surface area contributed by atoms with Gasteiger partial charge in [0.2, 0.25) is 5.91 Å². The maximum atomic E-state index is 13.4. The summed E-state index contributed by atoms with van der Waals surface area (Å²) in [6, 6.07) is 31.3. The molecule has 41 heavy (non-hydrogen) atoms. The maximum Gasteiger partial charge on any atom is 0.272 e. The molecule has 5 rings (SSSR count). The minimum absolute atomic E-state index is 0.109. The van der Waals surface area contributed by atoms with Crippen molar-refractivity contribution in [3.63, 3.8) is 0 Å². The summed E-state index contributed by atoms with van der Waals surface area (Å²) >= 11 is 2.77. The topological polar surface area (TPSA) is 100 Å². The van der Waals surface area contributed by atoms with Crippen molar-refractivity contribution < 1.29 is 14.4 Å². The van der Waals surface area contributed by atoms with Gasteiger partial charge in [0.1, 0.15) is 5.70 Å². The fourth-order valence-electron chi connectivity index (χ4n) is 3.96. The molecular weight excluding hydrogens is 553 g/mol. The first-order valence-electron chi connectivity index (χ1n) is 12.8. The Morgan fingerprint density at radius 1 is 0.854 bits per heavy atom. The summed E-state index contributed by atoms with van der Waals surface area (Å²) in [5, 5.41) is 9.04. The van der Waals surface area contributed by atoms with Crippen molar-refractivity contribution in [1.82, 2.24) is 10.3 Å². The maximum absolute atomic E-state index is 13.4. The fourth-order valence-corrected chi connectivity index (χ4v) is 5.60. The van der Waals surface area contributed by atoms with Crippen molar-refractivity contribution in [1.29, 1.82) is 0 Å². The van der Waals surface area contributed by atoms with Gasteiger partial charge in [0.15, 0.2) is 5.13 Å². The molecule has 0 aliphatic heterocycles. The van der Waals surface area contributed by atoms with Gasteiger partial charge in [-0.1, -0.05) is 77.6 Å². The van der Waals surface area contributed by atoms with E-state index in [4.69, 9.17) is 0 Å². The van der Waals surface area contributed by atoms with Crippen molar-refractivity contribution >= 4 is 67.9 Å². The second-order valence-electron chi connectivity index (χ2n) is 9.10. The third-order valence-electron chi connectivity index (χ3n) is 5.88. The number of rotatable bonds is 9. The minimum Gasteiger partial charge on any atom is -0.321 e. The van der Waals surface area contributed by atoms with E-state index in [2.05, 4.69) is 20.9 Å². The highest BCUT2D eigenvalue weighted by molar-refractivity contribution is 8.00. The number of hydrogen-bond acceptors (Lipinski definition) is 6. The normalized spacial score (nSPS) is 11.2. The monoisotopic (exact) mass is 578 g/mol. The molecule has 0 saturated heterocycles. The Morgan fingerprint density at radius 2 is 1.63 bits per heavy atom. The molecule has 1 aromatic heterocycles. The molecule has 3 N–H and O–H groups in total. The van der Waals surface area contributed by atoms with E-state index >= 15 is 0 Å². The summed E-state index contributed by atoms with van der Waals surface area (Å²) in [7, 11) is 0. The molecule has 0 fully saturated rings. The van der Waals surface area contributed by atoms with Crippen LogP contribution < -0.4 is 16.0 Å². The van der Waals surface area contributed by atoms with Gasteiger partial charge >= 0.3 is 0 Å². The second-order valence-corrected chi connectivity index (χ2v) is 11.2. The first-order valence-corrected chi connectivity index (χ1v) is 14.6. The number of anilines is 2. The third kappa shape index (κ3) is 7.69. The van der Waals surface area contributed by atoms with E-state index in [1.807, 2.05) is 67.6 Å². The number of carbonyl (C=O) groups is 3. The Hall–Kier alpha value is -4.73. The van der Waals surface area contributed by atoms with Crippen LogP contribution in [0.2, 0.25) is 0 Å². The van der Waals surface area contributed by atoms with Crippen molar-refractivity contribution in [2.24, 2.45) is 0 Å². The number of amides is 3. The Bertz CT molecular complexity index is 1720. The van der Waals surface area contributed by atoms with E-state index in [1.54, 1.807) is 48.5 Å². The zero-order valence-corrected chi connectivity index (χ0v) is 23.7. The van der Waals surface area contributed by atoms with Crippen molar-refractivity contribution in [2.45, 2.75) is 11.8 Å². The van der Waals surface area contributed by atoms with Gasteiger partial charge in [-0.25, -0.2) is 4.98 Å². The largest absolute Gasteiger partial charge is 0.321 e. The van der Waals surface area contributed by atoms with E-state index in [9.17, 15) is 14.4 Å². The number of nitrogens with zero attached hydrogens (tertiary/aromatic N) is 1. The molecule has 0 aliphatic carbocycles. The molecular formula is C32H26N4O3S2. The number of benzene rings is 4. The van der Waals surface area contributed by atoms with Crippen LogP contribution in [0.1, 0.15) is 21.5 Å². The molecule has 0 unspecified atom stereocenters. The number of carbonyl (C=O) groups excluding carboxylic acids is 3.